The Hall–Kier alpha value is -2.71. The van der Waals surface area contributed by atoms with Crippen molar-refractivity contribution >= 4 is 27.3 Å². The van der Waals surface area contributed by atoms with Crippen LogP contribution in [-0.2, 0) is 17.3 Å². The number of hydroxylamine groups is 2. The lowest BCUT2D eigenvalue weighted by molar-refractivity contribution is -0.169. The largest absolute Gasteiger partial charge is 0.493 e. The minimum absolute atomic E-state index is 0.0479. The topological polar surface area (TPSA) is 59.0 Å². The van der Waals surface area contributed by atoms with Crippen molar-refractivity contribution in [1.29, 1.82) is 0 Å². The predicted molar refractivity (Wildman–Crippen MR) is 107 cm³/mol. The summed E-state index contributed by atoms with van der Waals surface area (Å²) in [6.45, 7) is -0.0479. The van der Waals surface area contributed by atoms with E-state index in [0.717, 1.165) is 11.3 Å². The normalized spacial score (nSPS) is 11.5. The monoisotopic (exact) mass is 421 g/mol. The first-order valence-electron chi connectivity index (χ1n) is 8.91. The van der Waals surface area contributed by atoms with Crippen LogP contribution in [0.4, 0.5) is 8.78 Å². The van der Waals surface area contributed by atoms with E-state index in [0.29, 0.717) is 32.2 Å². The molecule has 0 saturated carbocycles. The number of benzene rings is 2. The molecule has 0 unspecified atom stereocenters. The zero-order valence-corrected chi connectivity index (χ0v) is 16.8. The van der Waals surface area contributed by atoms with E-state index in [1.54, 1.807) is 36.4 Å². The van der Waals surface area contributed by atoms with Gasteiger partial charge in [0.25, 0.3) is 5.92 Å². The summed E-state index contributed by atoms with van der Waals surface area (Å²) in [5, 5.41) is 11.0. The number of carbonyl (C=O) groups excluding carboxylic acids is 1. The molecular formula is C21H21F2NO4S. The lowest BCUT2D eigenvalue weighted by atomic mass is 10.1. The molecule has 1 amide bonds. The number of thiophene rings is 1. The Labute approximate surface area is 171 Å². The van der Waals surface area contributed by atoms with E-state index in [1.807, 2.05) is 6.07 Å². The summed E-state index contributed by atoms with van der Waals surface area (Å²) in [6.07, 6.45) is -1.17. The van der Waals surface area contributed by atoms with Crippen molar-refractivity contribution in [2.45, 2.75) is 25.3 Å². The third-order valence-electron chi connectivity index (χ3n) is 4.50. The smallest absolute Gasteiger partial charge is 0.282 e. The highest BCUT2D eigenvalue weighted by Crippen LogP contribution is 2.43. The van der Waals surface area contributed by atoms with E-state index in [4.69, 9.17) is 9.47 Å². The van der Waals surface area contributed by atoms with Gasteiger partial charge in [-0.25, -0.2) is 13.8 Å². The molecule has 1 aromatic heterocycles. The summed E-state index contributed by atoms with van der Waals surface area (Å²) in [5.41, 5.74) is 0.711. The fourth-order valence-electron chi connectivity index (χ4n) is 2.91. The maximum atomic E-state index is 14.7. The molecule has 8 heteroatoms. The van der Waals surface area contributed by atoms with E-state index in [-0.39, 0.29) is 11.4 Å². The van der Waals surface area contributed by atoms with Gasteiger partial charge in [0.15, 0.2) is 11.5 Å². The minimum atomic E-state index is -3.20. The summed E-state index contributed by atoms with van der Waals surface area (Å²) in [5.74, 6) is -3.03. The molecule has 3 rings (SSSR count). The highest BCUT2D eigenvalue weighted by molar-refractivity contribution is 7.19. The van der Waals surface area contributed by atoms with Crippen molar-refractivity contribution in [1.82, 2.24) is 5.06 Å². The third kappa shape index (κ3) is 4.83. The maximum absolute atomic E-state index is 14.7. The van der Waals surface area contributed by atoms with Gasteiger partial charge in [0.2, 0.25) is 5.91 Å². The van der Waals surface area contributed by atoms with Crippen molar-refractivity contribution < 1.29 is 28.3 Å². The number of ether oxygens (including phenoxy) is 2. The predicted octanol–water partition coefficient (Wildman–Crippen LogP) is 5.21. The van der Waals surface area contributed by atoms with Gasteiger partial charge in [0.1, 0.15) is 0 Å². The minimum Gasteiger partial charge on any atom is -0.493 e. The van der Waals surface area contributed by atoms with Crippen LogP contribution in [0.1, 0.15) is 23.3 Å². The van der Waals surface area contributed by atoms with Crippen LogP contribution >= 0.6 is 11.3 Å². The van der Waals surface area contributed by atoms with Crippen LogP contribution in [0, 0.1) is 0 Å². The van der Waals surface area contributed by atoms with Gasteiger partial charge in [-0.15, -0.1) is 11.3 Å². The zero-order chi connectivity index (χ0) is 21.0. The number of methoxy groups -OCH3 is 2. The zero-order valence-electron chi connectivity index (χ0n) is 16.0. The number of hydrogen-bond donors (Lipinski definition) is 1. The Morgan fingerprint density at radius 2 is 1.76 bits per heavy atom. The highest BCUT2D eigenvalue weighted by Gasteiger charge is 2.35. The van der Waals surface area contributed by atoms with Crippen molar-refractivity contribution in [2.75, 3.05) is 14.2 Å². The first-order chi connectivity index (χ1) is 13.8. The number of alkyl halides is 2. The Bertz CT molecular complexity index is 950. The van der Waals surface area contributed by atoms with Gasteiger partial charge in [0, 0.05) is 23.6 Å². The molecular weight excluding hydrogens is 400 g/mol. The van der Waals surface area contributed by atoms with E-state index in [9.17, 15) is 18.8 Å². The molecule has 154 valence electrons. The second kappa shape index (κ2) is 8.75. The number of carbonyl (C=O) groups is 1. The fraction of sp³-hybridized carbons (Fsp3) is 0.286. The fourth-order valence-corrected chi connectivity index (χ4v) is 3.98. The Balaban J connectivity index is 1.69. The Morgan fingerprint density at radius 1 is 1.10 bits per heavy atom. The summed E-state index contributed by atoms with van der Waals surface area (Å²) in [7, 11) is 2.96. The lowest BCUT2D eigenvalue weighted by Crippen LogP contribution is -2.28. The van der Waals surface area contributed by atoms with Gasteiger partial charge in [-0.2, -0.15) is 0 Å². The molecule has 0 aliphatic rings. The van der Waals surface area contributed by atoms with Crippen LogP contribution < -0.4 is 9.47 Å². The van der Waals surface area contributed by atoms with Gasteiger partial charge in [-0.3, -0.25) is 10.0 Å². The molecule has 0 aliphatic carbocycles. The molecule has 1 heterocycles. The molecule has 0 bridgehead atoms. The lowest BCUT2D eigenvalue weighted by Gasteiger charge is -2.18. The Morgan fingerprint density at radius 3 is 2.41 bits per heavy atom. The molecule has 0 atom stereocenters. The molecule has 1 N–H and O–H groups in total. The first-order valence-corrected chi connectivity index (χ1v) is 9.72. The maximum Gasteiger partial charge on any atom is 0.282 e. The van der Waals surface area contributed by atoms with Crippen molar-refractivity contribution in [3.8, 4) is 11.5 Å². The average molecular weight is 421 g/mol. The molecule has 5 nitrogen and oxygen atoms in total. The quantitative estimate of drug-likeness (QED) is 0.401. The molecule has 0 saturated heterocycles. The summed E-state index contributed by atoms with van der Waals surface area (Å²) < 4.78 is 40.5. The number of hydrogen-bond acceptors (Lipinski definition) is 5. The summed E-state index contributed by atoms with van der Waals surface area (Å²) in [4.78, 5) is 11.9. The number of rotatable bonds is 8. The first kappa shape index (κ1) is 21.0. The molecule has 0 radical (unpaired) electrons. The second-order valence-corrected chi connectivity index (χ2v) is 7.58. The second-order valence-electron chi connectivity index (χ2n) is 6.50. The van der Waals surface area contributed by atoms with E-state index >= 15 is 0 Å². The summed E-state index contributed by atoms with van der Waals surface area (Å²) >= 11 is 0.943. The average Bonchev–Trinajstić information content (AvgIpc) is 3.15. The van der Waals surface area contributed by atoms with Crippen molar-refractivity contribution in [2.24, 2.45) is 0 Å². The standard InChI is InChI=1S/C21H21F2NO4S/c1-27-16-10-15-11-19(29-18(15)12-17(16)28-2)21(22,23)9-8-20(25)24(26)13-14-6-4-3-5-7-14/h3-7,10-12,26H,8-9,13H2,1-2H3. The van der Waals surface area contributed by atoms with Gasteiger partial charge in [0.05, 0.1) is 25.6 Å². The molecule has 0 fully saturated rings. The van der Waals surface area contributed by atoms with Crippen LogP contribution in [0.3, 0.4) is 0 Å². The highest BCUT2D eigenvalue weighted by atomic mass is 32.1. The van der Waals surface area contributed by atoms with Gasteiger partial charge in [-0.05, 0) is 23.1 Å². The van der Waals surface area contributed by atoms with Gasteiger partial charge >= 0.3 is 0 Å². The van der Waals surface area contributed by atoms with E-state index in [2.05, 4.69) is 0 Å². The number of halogens is 2. The van der Waals surface area contributed by atoms with Crippen molar-refractivity contribution in [3.05, 3.63) is 59.0 Å². The number of nitrogens with zero attached hydrogens (tertiary/aromatic N) is 1. The molecule has 0 spiro atoms. The van der Waals surface area contributed by atoms with Crippen LogP contribution in [0.2, 0.25) is 0 Å². The molecule has 0 aliphatic heterocycles. The van der Waals surface area contributed by atoms with Crippen LogP contribution in [0.15, 0.2) is 48.5 Å². The molecule has 3 aromatic rings. The van der Waals surface area contributed by atoms with E-state index < -0.39 is 24.7 Å². The van der Waals surface area contributed by atoms with Gasteiger partial charge in [-0.1, -0.05) is 30.3 Å². The van der Waals surface area contributed by atoms with Crippen LogP contribution in [0.25, 0.3) is 10.1 Å². The van der Waals surface area contributed by atoms with Crippen LogP contribution in [0.5, 0.6) is 11.5 Å². The Kier molecular flexibility index (Phi) is 6.34. The number of amides is 1. The molecule has 29 heavy (non-hydrogen) atoms. The van der Waals surface area contributed by atoms with E-state index in [1.165, 1.54) is 20.3 Å². The van der Waals surface area contributed by atoms with Crippen LogP contribution in [-0.4, -0.2) is 30.4 Å². The number of fused-ring (bicyclic) bond motifs is 1. The van der Waals surface area contributed by atoms with Gasteiger partial charge < -0.3 is 9.47 Å². The molecule has 2 aromatic carbocycles. The SMILES string of the molecule is COc1cc2cc(C(F)(F)CCC(=O)N(O)Cc3ccccc3)sc2cc1OC. The summed E-state index contributed by atoms with van der Waals surface area (Å²) in [6, 6.07) is 13.5. The van der Waals surface area contributed by atoms with Crippen molar-refractivity contribution in [3.63, 3.8) is 0 Å². The third-order valence-corrected chi connectivity index (χ3v) is 5.71.